The summed E-state index contributed by atoms with van der Waals surface area (Å²) < 4.78 is 5.89. The van der Waals surface area contributed by atoms with Gasteiger partial charge in [-0.1, -0.05) is 6.07 Å². The minimum atomic E-state index is -0.280. The van der Waals surface area contributed by atoms with E-state index >= 15 is 0 Å². The summed E-state index contributed by atoms with van der Waals surface area (Å²) in [7, 11) is 1.41. The standard InChI is InChI=1S/C16H17NO2S2/c1-19-15(18)14-9-13(16(20-2)21-14)17-12-7-6-10-4-3-5-11(10)8-12/h6-9,17H,3-5H2,1-2H3. The van der Waals surface area contributed by atoms with Crippen LogP contribution in [0, 0.1) is 0 Å². The molecule has 0 aliphatic heterocycles. The van der Waals surface area contributed by atoms with E-state index in [-0.39, 0.29) is 5.97 Å². The van der Waals surface area contributed by atoms with Crippen molar-refractivity contribution in [1.82, 2.24) is 0 Å². The second-order valence-corrected chi connectivity index (χ2v) is 7.10. The van der Waals surface area contributed by atoms with Gasteiger partial charge in [0.05, 0.1) is 17.0 Å². The lowest BCUT2D eigenvalue weighted by Gasteiger charge is -2.08. The van der Waals surface area contributed by atoms with Gasteiger partial charge < -0.3 is 10.1 Å². The predicted octanol–water partition coefficient (Wildman–Crippen LogP) is 4.49. The normalized spacial score (nSPS) is 13.0. The van der Waals surface area contributed by atoms with Crippen LogP contribution in [-0.4, -0.2) is 19.3 Å². The smallest absolute Gasteiger partial charge is 0.348 e. The lowest BCUT2D eigenvalue weighted by molar-refractivity contribution is 0.0606. The molecule has 0 amide bonds. The first-order chi connectivity index (χ1) is 10.2. The van der Waals surface area contributed by atoms with Gasteiger partial charge in [-0.05, 0) is 54.8 Å². The first kappa shape index (κ1) is 14.5. The number of hydrogen-bond acceptors (Lipinski definition) is 5. The monoisotopic (exact) mass is 319 g/mol. The molecule has 3 rings (SSSR count). The highest BCUT2D eigenvalue weighted by molar-refractivity contribution is 8.00. The molecule has 1 heterocycles. The third-order valence-corrected chi connectivity index (χ3v) is 5.90. The molecule has 1 aliphatic rings. The molecule has 1 aliphatic carbocycles. The van der Waals surface area contributed by atoms with Crippen molar-refractivity contribution in [3.63, 3.8) is 0 Å². The SMILES string of the molecule is COC(=O)c1cc(Nc2ccc3c(c2)CCC3)c(SC)s1. The van der Waals surface area contributed by atoms with Gasteiger partial charge in [0.2, 0.25) is 0 Å². The highest BCUT2D eigenvalue weighted by Gasteiger charge is 2.16. The van der Waals surface area contributed by atoms with E-state index in [9.17, 15) is 4.79 Å². The molecular formula is C16H17NO2S2. The molecule has 0 atom stereocenters. The molecule has 0 saturated carbocycles. The van der Waals surface area contributed by atoms with E-state index in [4.69, 9.17) is 4.74 Å². The largest absolute Gasteiger partial charge is 0.465 e. The first-order valence-corrected chi connectivity index (χ1v) is 8.90. The molecular weight excluding hydrogens is 302 g/mol. The zero-order chi connectivity index (χ0) is 14.8. The number of nitrogens with one attached hydrogen (secondary N) is 1. The van der Waals surface area contributed by atoms with E-state index in [2.05, 4.69) is 23.5 Å². The Balaban J connectivity index is 1.87. The molecule has 1 aromatic carbocycles. The van der Waals surface area contributed by atoms with Gasteiger partial charge in [-0.25, -0.2) is 4.79 Å². The molecule has 0 radical (unpaired) electrons. The average molecular weight is 319 g/mol. The predicted molar refractivity (Wildman–Crippen MR) is 89.2 cm³/mol. The quantitative estimate of drug-likeness (QED) is 0.665. The van der Waals surface area contributed by atoms with Crippen molar-refractivity contribution in [3.8, 4) is 0 Å². The molecule has 1 aromatic heterocycles. The summed E-state index contributed by atoms with van der Waals surface area (Å²) in [6, 6.07) is 8.41. The summed E-state index contributed by atoms with van der Waals surface area (Å²) in [6.07, 6.45) is 5.62. The fourth-order valence-electron chi connectivity index (χ4n) is 2.62. The number of anilines is 2. The first-order valence-electron chi connectivity index (χ1n) is 6.86. The van der Waals surface area contributed by atoms with Crippen LogP contribution in [0.15, 0.2) is 28.5 Å². The number of hydrogen-bond donors (Lipinski definition) is 1. The van der Waals surface area contributed by atoms with E-state index in [0.29, 0.717) is 4.88 Å². The van der Waals surface area contributed by atoms with Crippen molar-refractivity contribution in [3.05, 3.63) is 40.3 Å². The Morgan fingerprint density at radius 1 is 1.29 bits per heavy atom. The Hall–Kier alpha value is -1.46. The molecule has 0 fully saturated rings. The highest BCUT2D eigenvalue weighted by atomic mass is 32.2. The third kappa shape index (κ3) is 2.94. The molecule has 1 N–H and O–H groups in total. The number of methoxy groups -OCH3 is 1. The third-order valence-electron chi connectivity index (χ3n) is 3.65. The summed E-state index contributed by atoms with van der Waals surface area (Å²) in [6.45, 7) is 0. The lowest BCUT2D eigenvalue weighted by Crippen LogP contribution is -1.97. The van der Waals surface area contributed by atoms with Crippen LogP contribution in [0.5, 0.6) is 0 Å². The Morgan fingerprint density at radius 2 is 2.10 bits per heavy atom. The fraction of sp³-hybridized carbons (Fsp3) is 0.312. The summed E-state index contributed by atoms with van der Waals surface area (Å²) in [5.74, 6) is -0.280. The van der Waals surface area contributed by atoms with Crippen LogP contribution >= 0.6 is 23.1 Å². The van der Waals surface area contributed by atoms with Crippen LogP contribution in [-0.2, 0) is 17.6 Å². The van der Waals surface area contributed by atoms with Gasteiger partial charge in [-0.3, -0.25) is 0 Å². The zero-order valence-corrected chi connectivity index (χ0v) is 13.7. The van der Waals surface area contributed by atoms with E-state index in [1.165, 1.54) is 42.4 Å². The van der Waals surface area contributed by atoms with Gasteiger partial charge in [0, 0.05) is 5.69 Å². The average Bonchev–Trinajstić information content (AvgIpc) is 3.12. The zero-order valence-electron chi connectivity index (χ0n) is 12.1. The Morgan fingerprint density at radius 3 is 2.86 bits per heavy atom. The minimum absolute atomic E-state index is 0.280. The van der Waals surface area contributed by atoms with Crippen molar-refractivity contribution >= 4 is 40.4 Å². The Kier molecular flexibility index (Phi) is 4.22. The van der Waals surface area contributed by atoms with Crippen LogP contribution in [0.25, 0.3) is 0 Å². The minimum Gasteiger partial charge on any atom is -0.465 e. The van der Waals surface area contributed by atoms with Gasteiger partial charge in [0.25, 0.3) is 0 Å². The molecule has 0 unspecified atom stereocenters. The molecule has 0 bridgehead atoms. The van der Waals surface area contributed by atoms with Crippen molar-refractivity contribution in [2.24, 2.45) is 0 Å². The van der Waals surface area contributed by atoms with Crippen LogP contribution in [0.3, 0.4) is 0 Å². The van der Waals surface area contributed by atoms with Crippen LogP contribution in [0.2, 0.25) is 0 Å². The Labute approximate surface area is 132 Å². The van der Waals surface area contributed by atoms with Crippen molar-refractivity contribution < 1.29 is 9.53 Å². The number of rotatable bonds is 4. The van der Waals surface area contributed by atoms with Crippen LogP contribution in [0.1, 0.15) is 27.2 Å². The number of esters is 1. The van der Waals surface area contributed by atoms with E-state index in [1.807, 2.05) is 12.3 Å². The highest BCUT2D eigenvalue weighted by Crippen LogP contribution is 2.37. The molecule has 110 valence electrons. The maximum atomic E-state index is 11.7. The van der Waals surface area contributed by atoms with Gasteiger partial charge in [-0.15, -0.1) is 23.1 Å². The topological polar surface area (TPSA) is 38.3 Å². The molecule has 21 heavy (non-hydrogen) atoms. The number of fused-ring (bicyclic) bond motifs is 1. The number of thioether (sulfide) groups is 1. The number of carbonyl (C=O) groups excluding carboxylic acids is 1. The van der Waals surface area contributed by atoms with Crippen molar-refractivity contribution in [1.29, 1.82) is 0 Å². The molecule has 3 nitrogen and oxygen atoms in total. The summed E-state index contributed by atoms with van der Waals surface area (Å²) in [5, 5.41) is 3.43. The number of aryl methyl sites for hydroxylation is 2. The van der Waals surface area contributed by atoms with Gasteiger partial charge in [0.15, 0.2) is 0 Å². The molecule has 0 saturated heterocycles. The molecule has 0 spiro atoms. The van der Waals surface area contributed by atoms with Gasteiger partial charge in [0.1, 0.15) is 4.88 Å². The maximum absolute atomic E-state index is 11.7. The van der Waals surface area contributed by atoms with Crippen LogP contribution < -0.4 is 5.32 Å². The van der Waals surface area contributed by atoms with E-state index in [0.717, 1.165) is 22.0 Å². The summed E-state index contributed by atoms with van der Waals surface area (Å²) in [4.78, 5) is 12.3. The maximum Gasteiger partial charge on any atom is 0.348 e. The number of carbonyl (C=O) groups is 1. The fourth-order valence-corrected chi connectivity index (χ4v) is 4.31. The van der Waals surface area contributed by atoms with Crippen LogP contribution in [0.4, 0.5) is 11.4 Å². The summed E-state index contributed by atoms with van der Waals surface area (Å²) in [5.41, 5.74) is 4.96. The molecule has 2 aromatic rings. The van der Waals surface area contributed by atoms with Gasteiger partial charge in [-0.2, -0.15) is 0 Å². The van der Waals surface area contributed by atoms with E-state index < -0.39 is 0 Å². The number of benzene rings is 1. The second-order valence-electron chi connectivity index (χ2n) is 4.97. The van der Waals surface area contributed by atoms with Gasteiger partial charge >= 0.3 is 5.97 Å². The number of thiophene rings is 1. The number of ether oxygens (including phenoxy) is 1. The summed E-state index contributed by atoms with van der Waals surface area (Å²) >= 11 is 3.10. The Bertz CT molecular complexity index is 679. The van der Waals surface area contributed by atoms with Crippen molar-refractivity contribution in [2.75, 3.05) is 18.7 Å². The molecule has 5 heteroatoms. The van der Waals surface area contributed by atoms with Crippen molar-refractivity contribution in [2.45, 2.75) is 23.5 Å². The van der Waals surface area contributed by atoms with E-state index in [1.54, 1.807) is 11.8 Å². The second kappa shape index (κ2) is 6.12. The lowest BCUT2D eigenvalue weighted by atomic mass is 10.1.